The number of halogens is 1. The minimum Gasteiger partial charge on any atom is -0.454 e. The summed E-state index contributed by atoms with van der Waals surface area (Å²) in [7, 11) is 0. The lowest BCUT2D eigenvalue weighted by atomic mass is 9.61. The van der Waals surface area contributed by atoms with E-state index in [9.17, 15) is 24.0 Å². The molecule has 3 aliphatic rings. The second-order valence-electron chi connectivity index (χ2n) is 7.69. The number of amides is 2. The summed E-state index contributed by atoms with van der Waals surface area (Å²) in [5.41, 5.74) is 2.67. The number of nitrogens with one attached hydrogen (secondary N) is 1. The molecule has 0 radical (unpaired) electrons. The zero-order valence-corrected chi connectivity index (χ0v) is 15.2. The van der Waals surface area contributed by atoms with Gasteiger partial charge in [-0.1, -0.05) is 13.8 Å². The zero-order valence-electron chi connectivity index (χ0n) is 15.2. The second-order valence-corrected chi connectivity index (χ2v) is 7.69. The topological polar surface area (TPSA) is 122 Å². The Labute approximate surface area is 159 Å². The highest BCUT2D eigenvalue weighted by molar-refractivity contribution is 6.20. The highest BCUT2D eigenvalue weighted by Crippen LogP contribution is 2.57. The molecule has 3 N–H and O–H groups in total. The van der Waals surface area contributed by atoms with Gasteiger partial charge in [-0.2, -0.15) is 5.26 Å². The molecule has 8 heteroatoms. The van der Waals surface area contributed by atoms with Gasteiger partial charge in [-0.15, -0.1) is 0 Å². The van der Waals surface area contributed by atoms with Crippen LogP contribution in [-0.2, 0) is 24.5 Å². The summed E-state index contributed by atoms with van der Waals surface area (Å²) < 4.78 is 19.8. The average molecular weight is 381 g/mol. The minimum atomic E-state index is -1.97. The van der Waals surface area contributed by atoms with Crippen molar-refractivity contribution in [2.75, 3.05) is 5.32 Å². The van der Waals surface area contributed by atoms with Gasteiger partial charge in [0.1, 0.15) is 28.6 Å². The molecule has 4 rings (SSSR count). The van der Waals surface area contributed by atoms with E-state index in [2.05, 4.69) is 5.32 Å². The number of hydrogen-bond acceptors (Lipinski definition) is 5. The third-order valence-corrected chi connectivity index (χ3v) is 5.59. The maximum Gasteiger partial charge on any atom is 0.285 e. The Morgan fingerprint density at radius 1 is 1.36 bits per heavy atom. The van der Waals surface area contributed by atoms with Gasteiger partial charge in [-0.05, 0) is 24.6 Å². The van der Waals surface area contributed by atoms with Crippen LogP contribution in [0.25, 0.3) is 0 Å². The van der Waals surface area contributed by atoms with Gasteiger partial charge >= 0.3 is 0 Å². The lowest BCUT2D eigenvalue weighted by Gasteiger charge is -2.42. The maximum atomic E-state index is 14.1. The number of ketones is 1. The fourth-order valence-corrected chi connectivity index (χ4v) is 4.23. The van der Waals surface area contributed by atoms with Crippen LogP contribution in [0, 0.1) is 22.6 Å². The van der Waals surface area contributed by atoms with E-state index < -0.39 is 45.6 Å². The van der Waals surface area contributed by atoms with Crippen molar-refractivity contribution in [2.45, 2.75) is 32.1 Å². The fraction of sp³-hybridized carbons (Fsp3) is 0.300. The van der Waals surface area contributed by atoms with Crippen molar-refractivity contribution in [3.63, 3.8) is 0 Å². The van der Waals surface area contributed by atoms with Crippen molar-refractivity contribution in [3.8, 4) is 6.07 Å². The van der Waals surface area contributed by atoms with Crippen molar-refractivity contribution in [2.24, 2.45) is 11.1 Å². The Bertz CT molecular complexity index is 1090. The van der Waals surface area contributed by atoms with E-state index in [-0.39, 0.29) is 29.0 Å². The second kappa shape index (κ2) is 5.52. The molecule has 1 aliphatic carbocycles. The smallest absolute Gasteiger partial charge is 0.285 e. The molecular formula is C20H16FN3O4. The number of anilines is 1. The maximum absolute atomic E-state index is 14.1. The number of nitrogens with two attached hydrogens (primary N) is 1. The standard InChI is InChI=1S/C20H16FN3O4/c1-19(2)6-5-13(25)14-16(19)28-15(17(23)26)11(8-22)20(14)10-7-9(21)3-4-12(10)24-18(20)27/h3-4,7H,5-6H2,1-2H3,(H2,23,26)(H,24,27). The normalized spacial score (nSPS) is 25.1. The molecular weight excluding hydrogens is 365 g/mol. The molecule has 1 aromatic carbocycles. The highest BCUT2D eigenvalue weighted by atomic mass is 19.1. The summed E-state index contributed by atoms with van der Waals surface area (Å²) in [5.74, 6) is -3.19. The summed E-state index contributed by atoms with van der Waals surface area (Å²) in [6, 6.07) is 5.42. The van der Waals surface area contributed by atoms with Gasteiger partial charge in [0, 0.05) is 23.1 Å². The fourth-order valence-electron chi connectivity index (χ4n) is 4.23. The van der Waals surface area contributed by atoms with Gasteiger partial charge in [-0.3, -0.25) is 14.4 Å². The summed E-state index contributed by atoms with van der Waals surface area (Å²) in [4.78, 5) is 38.3. The summed E-state index contributed by atoms with van der Waals surface area (Å²) >= 11 is 0. The Morgan fingerprint density at radius 2 is 2.07 bits per heavy atom. The molecule has 1 unspecified atom stereocenters. The number of hydrogen-bond donors (Lipinski definition) is 2. The van der Waals surface area contributed by atoms with E-state index in [1.807, 2.05) is 6.07 Å². The van der Waals surface area contributed by atoms with Gasteiger partial charge in [0.05, 0.1) is 5.57 Å². The third kappa shape index (κ3) is 2.04. The van der Waals surface area contributed by atoms with Crippen LogP contribution in [0.15, 0.2) is 40.9 Å². The molecule has 2 heterocycles. The van der Waals surface area contributed by atoms with Crippen LogP contribution in [0.2, 0.25) is 0 Å². The van der Waals surface area contributed by atoms with Crippen molar-refractivity contribution < 1.29 is 23.5 Å². The first-order valence-corrected chi connectivity index (χ1v) is 8.67. The first-order valence-electron chi connectivity index (χ1n) is 8.67. The number of Topliss-reactive ketones (excluding diaryl/α,β-unsaturated/α-hetero) is 1. The number of allylic oxidation sites excluding steroid dienone is 1. The molecule has 1 spiro atoms. The number of rotatable bonds is 1. The largest absolute Gasteiger partial charge is 0.454 e. The predicted molar refractivity (Wildman–Crippen MR) is 94.7 cm³/mol. The van der Waals surface area contributed by atoms with E-state index >= 15 is 0 Å². The van der Waals surface area contributed by atoms with Crippen molar-refractivity contribution in [1.29, 1.82) is 5.26 Å². The number of ether oxygens (including phenoxy) is 1. The van der Waals surface area contributed by atoms with Crippen molar-refractivity contribution in [3.05, 3.63) is 52.2 Å². The number of carbonyl (C=O) groups is 3. The van der Waals surface area contributed by atoms with Crippen LogP contribution in [-0.4, -0.2) is 17.6 Å². The summed E-state index contributed by atoms with van der Waals surface area (Å²) in [5, 5.41) is 12.5. The molecule has 28 heavy (non-hydrogen) atoms. The van der Waals surface area contributed by atoms with E-state index in [1.165, 1.54) is 6.07 Å². The summed E-state index contributed by atoms with van der Waals surface area (Å²) in [6.45, 7) is 3.61. The Balaban J connectivity index is 2.20. The molecule has 142 valence electrons. The van der Waals surface area contributed by atoms with E-state index in [4.69, 9.17) is 10.5 Å². The van der Waals surface area contributed by atoms with Crippen LogP contribution in [0.4, 0.5) is 10.1 Å². The minimum absolute atomic E-state index is 0.0350. The lowest BCUT2D eigenvalue weighted by Crippen LogP contribution is -2.49. The third-order valence-electron chi connectivity index (χ3n) is 5.59. The average Bonchev–Trinajstić information content (AvgIpc) is 2.90. The molecule has 0 saturated heterocycles. The van der Waals surface area contributed by atoms with E-state index in [0.717, 1.165) is 12.1 Å². The van der Waals surface area contributed by atoms with E-state index in [1.54, 1.807) is 13.8 Å². The van der Waals surface area contributed by atoms with Gasteiger partial charge in [0.25, 0.3) is 5.91 Å². The molecule has 1 aromatic rings. The lowest BCUT2D eigenvalue weighted by molar-refractivity contribution is -0.125. The van der Waals surface area contributed by atoms with Crippen LogP contribution in [0.3, 0.4) is 0 Å². The van der Waals surface area contributed by atoms with Gasteiger partial charge in [-0.25, -0.2) is 4.39 Å². The number of primary amides is 1. The molecule has 7 nitrogen and oxygen atoms in total. The molecule has 2 aliphatic heterocycles. The quantitative estimate of drug-likeness (QED) is 0.770. The van der Waals surface area contributed by atoms with Gasteiger partial charge in [0.2, 0.25) is 11.7 Å². The molecule has 0 fully saturated rings. The molecule has 1 atom stereocenters. The Kier molecular flexibility index (Phi) is 3.53. The number of nitrogens with zero attached hydrogens (tertiary/aromatic N) is 1. The number of carbonyl (C=O) groups excluding carboxylic acids is 3. The first-order chi connectivity index (χ1) is 13.1. The van der Waals surface area contributed by atoms with Crippen LogP contribution < -0.4 is 11.1 Å². The van der Waals surface area contributed by atoms with Crippen LogP contribution >= 0.6 is 0 Å². The van der Waals surface area contributed by atoms with E-state index in [0.29, 0.717) is 6.42 Å². The SMILES string of the molecule is CC1(C)CCC(=O)C2=C1OC(C(N)=O)=C(C#N)C21C(=O)Nc2ccc(F)cc21. The zero-order chi connectivity index (χ0) is 20.4. The first kappa shape index (κ1) is 17.9. The van der Waals surface area contributed by atoms with Gasteiger partial charge < -0.3 is 15.8 Å². The molecule has 0 bridgehead atoms. The number of fused-ring (bicyclic) bond motifs is 3. The Hall–Kier alpha value is -3.47. The van der Waals surface area contributed by atoms with Crippen LogP contribution in [0.1, 0.15) is 32.3 Å². The van der Waals surface area contributed by atoms with Crippen LogP contribution in [0.5, 0.6) is 0 Å². The summed E-state index contributed by atoms with van der Waals surface area (Å²) in [6.07, 6.45) is 0.547. The number of nitriles is 1. The van der Waals surface area contributed by atoms with Crippen molar-refractivity contribution in [1.82, 2.24) is 0 Å². The monoisotopic (exact) mass is 381 g/mol. The Morgan fingerprint density at radius 3 is 2.71 bits per heavy atom. The van der Waals surface area contributed by atoms with Crippen molar-refractivity contribution >= 4 is 23.3 Å². The predicted octanol–water partition coefficient (Wildman–Crippen LogP) is 1.95. The highest BCUT2D eigenvalue weighted by Gasteiger charge is 2.62. The molecule has 0 aromatic heterocycles. The molecule has 0 saturated carbocycles. The van der Waals surface area contributed by atoms with Gasteiger partial charge in [0.15, 0.2) is 5.78 Å². The molecule has 2 amide bonds. The number of benzene rings is 1.